The quantitative estimate of drug-likeness (QED) is 0.835. The lowest BCUT2D eigenvalue weighted by Gasteiger charge is -2.62. The van der Waals surface area contributed by atoms with Gasteiger partial charge < -0.3 is 10.4 Å². The molecule has 6 heteroatoms. The van der Waals surface area contributed by atoms with Crippen LogP contribution in [0, 0.1) is 23.2 Å². The fraction of sp³-hybridized carbons (Fsp3) is 0.800. The Balaban J connectivity index is 1.60. The van der Waals surface area contributed by atoms with Crippen LogP contribution < -0.4 is 5.32 Å². The van der Waals surface area contributed by atoms with Crippen molar-refractivity contribution in [2.45, 2.75) is 51.3 Å². The molecule has 4 aliphatic rings. The Morgan fingerprint density at radius 1 is 1.48 bits per heavy atom. The number of carboxylic acids is 1. The molecule has 2 N–H and O–H groups in total. The number of aliphatic imine (C=N–C) groups is 1. The van der Waals surface area contributed by atoms with Gasteiger partial charge in [-0.05, 0) is 36.0 Å². The highest BCUT2D eigenvalue weighted by atomic mass is 32.2. The van der Waals surface area contributed by atoms with Gasteiger partial charge in [0.15, 0.2) is 5.17 Å². The molecule has 0 saturated heterocycles. The van der Waals surface area contributed by atoms with E-state index in [1.165, 1.54) is 18.2 Å². The summed E-state index contributed by atoms with van der Waals surface area (Å²) in [5.74, 6) is 0.757. The first-order chi connectivity index (χ1) is 9.79. The summed E-state index contributed by atoms with van der Waals surface area (Å²) in [6, 6.07) is 0.351. The molecule has 1 heterocycles. The number of aliphatic carboxylic acids is 1. The first-order valence-electron chi connectivity index (χ1n) is 7.56. The zero-order valence-electron chi connectivity index (χ0n) is 12.6. The smallest absolute Gasteiger partial charge is 0.305 e. The Kier molecular flexibility index (Phi) is 3.55. The van der Waals surface area contributed by atoms with Gasteiger partial charge in [0.05, 0.1) is 6.42 Å². The summed E-state index contributed by atoms with van der Waals surface area (Å²) in [5.41, 5.74) is 0.434. The van der Waals surface area contributed by atoms with Crippen LogP contribution in [0.2, 0.25) is 0 Å². The Morgan fingerprint density at radius 3 is 2.76 bits per heavy atom. The molecule has 4 rings (SSSR count). The molecule has 3 fully saturated rings. The number of amidine groups is 1. The summed E-state index contributed by atoms with van der Waals surface area (Å²) in [7, 11) is 0. The molecule has 116 valence electrons. The number of rotatable bonds is 3. The van der Waals surface area contributed by atoms with Crippen LogP contribution in [0.25, 0.3) is 0 Å². The highest BCUT2D eigenvalue weighted by molar-refractivity contribution is 8.15. The highest BCUT2D eigenvalue weighted by Gasteiger charge is 2.56. The molecule has 21 heavy (non-hydrogen) atoms. The second-order valence-electron chi connectivity index (χ2n) is 7.17. The maximum atomic E-state index is 11.7. The van der Waals surface area contributed by atoms with Crippen molar-refractivity contribution in [1.29, 1.82) is 0 Å². The molecule has 2 bridgehead atoms. The minimum absolute atomic E-state index is 0.156. The number of amides is 1. The van der Waals surface area contributed by atoms with E-state index in [4.69, 9.17) is 5.11 Å². The minimum Gasteiger partial charge on any atom is -0.481 e. The van der Waals surface area contributed by atoms with Gasteiger partial charge in [-0.15, -0.1) is 0 Å². The number of carbonyl (C=O) groups is 2. The monoisotopic (exact) mass is 310 g/mol. The van der Waals surface area contributed by atoms with E-state index in [-0.39, 0.29) is 12.3 Å². The normalized spacial score (nSPS) is 40.4. The van der Waals surface area contributed by atoms with E-state index < -0.39 is 11.2 Å². The average molecular weight is 310 g/mol. The van der Waals surface area contributed by atoms with Gasteiger partial charge in [-0.3, -0.25) is 9.59 Å². The number of carboxylic acid groups (broad SMARTS) is 1. The molecule has 3 aliphatic carbocycles. The van der Waals surface area contributed by atoms with Crippen LogP contribution in [-0.4, -0.2) is 33.4 Å². The predicted octanol–water partition coefficient (Wildman–Crippen LogP) is 2.12. The second kappa shape index (κ2) is 5.00. The first-order valence-corrected chi connectivity index (χ1v) is 8.44. The molecule has 0 spiro atoms. The predicted molar refractivity (Wildman–Crippen MR) is 82.2 cm³/mol. The third kappa shape index (κ3) is 2.47. The van der Waals surface area contributed by atoms with Crippen molar-refractivity contribution in [2.24, 2.45) is 28.2 Å². The molecular weight excluding hydrogens is 288 g/mol. The third-order valence-corrected chi connectivity index (χ3v) is 6.85. The standard InChI is InChI=1S/C15H22N2O3S/c1-7-9-4-8(15(9,2)3)5-10(7)16-14-17-13(20)11(21-14)6-12(18)19/h7-11H,4-6H2,1-3H3,(H,18,19)(H,16,17,20)/t7-,8+,9-,10-,11?/m1/s1. The van der Waals surface area contributed by atoms with Gasteiger partial charge in [0, 0.05) is 6.04 Å². The van der Waals surface area contributed by atoms with E-state index in [1.54, 1.807) is 0 Å². The molecule has 0 aromatic heterocycles. The number of nitrogens with one attached hydrogen (secondary N) is 1. The summed E-state index contributed by atoms with van der Waals surface area (Å²) in [6.45, 7) is 6.98. The van der Waals surface area contributed by atoms with Crippen molar-refractivity contribution < 1.29 is 14.7 Å². The van der Waals surface area contributed by atoms with E-state index in [2.05, 4.69) is 31.1 Å². The van der Waals surface area contributed by atoms with Gasteiger partial charge in [-0.1, -0.05) is 32.5 Å². The molecular formula is C15H22N2O3S. The molecule has 1 amide bonds. The minimum atomic E-state index is -0.952. The van der Waals surface area contributed by atoms with Crippen molar-refractivity contribution in [3.8, 4) is 0 Å². The Hall–Kier alpha value is -1.04. The highest BCUT2D eigenvalue weighted by Crippen LogP contribution is 2.61. The SMILES string of the molecule is C[C@@H]1[C@H]2C[C@@H](C[C@H]1NC1=NC(=O)C(CC(=O)O)S1)C2(C)C. The van der Waals surface area contributed by atoms with E-state index in [0.29, 0.717) is 22.5 Å². The fourth-order valence-corrected chi connectivity index (χ4v) is 5.25. The maximum Gasteiger partial charge on any atom is 0.305 e. The van der Waals surface area contributed by atoms with E-state index >= 15 is 0 Å². The van der Waals surface area contributed by atoms with Gasteiger partial charge in [0.2, 0.25) is 0 Å². The van der Waals surface area contributed by atoms with Crippen molar-refractivity contribution in [2.75, 3.05) is 0 Å². The molecule has 0 aromatic carbocycles. The van der Waals surface area contributed by atoms with Crippen LogP contribution in [-0.2, 0) is 9.59 Å². The zero-order valence-corrected chi connectivity index (χ0v) is 13.4. The van der Waals surface area contributed by atoms with Gasteiger partial charge in [-0.25, -0.2) is 0 Å². The number of nitrogens with zero attached hydrogens (tertiary/aromatic N) is 1. The van der Waals surface area contributed by atoms with Crippen molar-refractivity contribution in [3.63, 3.8) is 0 Å². The van der Waals surface area contributed by atoms with Crippen LogP contribution in [0.1, 0.15) is 40.0 Å². The lowest BCUT2D eigenvalue weighted by molar-refractivity contribution is -0.138. The van der Waals surface area contributed by atoms with Gasteiger partial charge >= 0.3 is 5.97 Å². The first kappa shape index (κ1) is 14.9. The number of hydrogen-bond acceptors (Lipinski definition) is 4. The largest absolute Gasteiger partial charge is 0.481 e. The number of hydrogen-bond donors (Lipinski definition) is 2. The van der Waals surface area contributed by atoms with Crippen LogP contribution in [0.3, 0.4) is 0 Å². The average Bonchev–Trinajstić information content (AvgIpc) is 2.70. The second-order valence-corrected chi connectivity index (χ2v) is 8.36. The van der Waals surface area contributed by atoms with Crippen molar-refractivity contribution in [1.82, 2.24) is 5.32 Å². The molecule has 0 radical (unpaired) electrons. The topological polar surface area (TPSA) is 78.8 Å². The van der Waals surface area contributed by atoms with E-state index in [0.717, 1.165) is 18.3 Å². The van der Waals surface area contributed by atoms with Crippen LogP contribution in [0.15, 0.2) is 4.99 Å². The maximum absolute atomic E-state index is 11.7. The van der Waals surface area contributed by atoms with Crippen LogP contribution in [0.5, 0.6) is 0 Å². The third-order valence-electron chi connectivity index (χ3n) is 5.76. The van der Waals surface area contributed by atoms with Crippen LogP contribution in [0.4, 0.5) is 0 Å². The molecule has 5 atom stereocenters. The number of carbonyl (C=O) groups excluding carboxylic acids is 1. The lowest BCUT2D eigenvalue weighted by atomic mass is 9.45. The Bertz CT molecular complexity index is 517. The molecule has 0 aromatic rings. The summed E-state index contributed by atoms with van der Waals surface area (Å²) in [4.78, 5) is 26.4. The van der Waals surface area contributed by atoms with Gasteiger partial charge in [0.1, 0.15) is 5.25 Å². The summed E-state index contributed by atoms with van der Waals surface area (Å²) in [6.07, 6.45) is 2.27. The summed E-state index contributed by atoms with van der Waals surface area (Å²) >= 11 is 1.27. The summed E-state index contributed by atoms with van der Waals surface area (Å²) < 4.78 is 0. The van der Waals surface area contributed by atoms with Crippen LogP contribution >= 0.6 is 11.8 Å². The van der Waals surface area contributed by atoms with Crippen molar-refractivity contribution >= 4 is 28.8 Å². The van der Waals surface area contributed by atoms with Gasteiger partial charge in [-0.2, -0.15) is 4.99 Å². The lowest BCUT2D eigenvalue weighted by Crippen LogP contribution is -2.60. The molecule has 1 unspecified atom stereocenters. The molecule has 5 nitrogen and oxygen atoms in total. The van der Waals surface area contributed by atoms with E-state index in [9.17, 15) is 9.59 Å². The summed E-state index contributed by atoms with van der Waals surface area (Å²) in [5, 5.41) is 12.3. The van der Waals surface area contributed by atoms with E-state index in [1.807, 2.05) is 0 Å². The Morgan fingerprint density at radius 2 is 2.19 bits per heavy atom. The number of thioether (sulfide) groups is 1. The Labute approximate surface area is 129 Å². The van der Waals surface area contributed by atoms with Crippen molar-refractivity contribution in [3.05, 3.63) is 0 Å². The fourth-order valence-electron chi connectivity index (χ4n) is 4.24. The van der Waals surface area contributed by atoms with Gasteiger partial charge in [0.25, 0.3) is 5.91 Å². The zero-order chi connectivity index (χ0) is 15.4. The number of fused-ring (bicyclic) bond motifs is 2. The molecule has 1 aliphatic heterocycles. The molecule has 3 saturated carbocycles.